The number of carbonyl (C=O) groups excluding carboxylic acids is 1. The van der Waals surface area contributed by atoms with Gasteiger partial charge in [0, 0.05) is 44.7 Å². The minimum Gasteiger partial charge on any atom is -0.463 e. The Morgan fingerprint density at radius 2 is 1.63 bits per heavy atom. The van der Waals surface area contributed by atoms with Crippen molar-refractivity contribution in [2.45, 2.75) is 12.8 Å². The molecule has 0 spiro atoms. The number of aromatic nitrogens is 1. The fourth-order valence-electron chi connectivity index (χ4n) is 4.54. The second-order valence-electron chi connectivity index (χ2n) is 8.23. The number of hydrogen-bond acceptors (Lipinski definition) is 5. The van der Waals surface area contributed by atoms with Crippen LogP contribution in [-0.4, -0.2) is 77.9 Å². The lowest BCUT2D eigenvalue weighted by Crippen LogP contribution is -2.50. The number of benzene rings is 1. The van der Waals surface area contributed by atoms with Crippen LogP contribution >= 0.6 is 0 Å². The first-order valence-corrected chi connectivity index (χ1v) is 11.0. The molecule has 0 atom stereocenters. The van der Waals surface area contributed by atoms with Crippen molar-refractivity contribution in [3.63, 3.8) is 0 Å². The Morgan fingerprint density at radius 1 is 0.900 bits per heavy atom. The third kappa shape index (κ3) is 3.98. The molecule has 2 fully saturated rings. The molecule has 156 valence electrons. The maximum atomic E-state index is 13.4. The van der Waals surface area contributed by atoms with E-state index in [1.807, 2.05) is 47.4 Å². The van der Waals surface area contributed by atoms with E-state index in [4.69, 9.17) is 9.40 Å². The van der Waals surface area contributed by atoms with Gasteiger partial charge in [0.05, 0.1) is 17.3 Å². The van der Waals surface area contributed by atoms with Gasteiger partial charge in [-0.15, -0.1) is 0 Å². The van der Waals surface area contributed by atoms with Crippen LogP contribution in [-0.2, 0) is 0 Å². The average molecular weight is 405 g/mol. The number of para-hydroxylation sites is 1. The van der Waals surface area contributed by atoms with Crippen LogP contribution in [0.2, 0.25) is 0 Å². The van der Waals surface area contributed by atoms with Crippen LogP contribution in [0.25, 0.3) is 22.4 Å². The molecule has 2 aliphatic heterocycles. The molecule has 0 radical (unpaired) electrons. The number of amides is 1. The van der Waals surface area contributed by atoms with Gasteiger partial charge >= 0.3 is 0 Å². The Balaban J connectivity index is 1.31. The van der Waals surface area contributed by atoms with Crippen molar-refractivity contribution in [2.24, 2.45) is 0 Å². The molecular weight excluding hydrogens is 376 g/mol. The summed E-state index contributed by atoms with van der Waals surface area (Å²) in [4.78, 5) is 25.2. The van der Waals surface area contributed by atoms with Crippen LogP contribution in [0.3, 0.4) is 0 Å². The molecule has 30 heavy (non-hydrogen) atoms. The minimum absolute atomic E-state index is 0.0839. The van der Waals surface area contributed by atoms with E-state index >= 15 is 0 Å². The fourth-order valence-corrected chi connectivity index (χ4v) is 4.54. The molecule has 3 aromatic rings. The summed E-state index contributed by atoms with van der Waals surface area (Å²) in [5.74, 6) is 0.766. The Morgan fingerprint density at radius 3 is 2.37 bits per heavy atom. The topological polar surface area (TPSA) is 52.8 Å². The number of piperazine rings is 1. The van der Waals surface area contributed by atoms with Gasteiger partial charge in [0.25, 0.3) is 5.91 Å². The second-order valence-corrected chi connectivity index (χ2v) is 8.23. The van der Waals surface area contributed by atoms with Crippen LogP contribution in [0, 0.1) is 0 Å². The largest absolute Gasteiger partial charge is 0.463 e. The first-order valence-electron chi connectivity index (χ1n) is 11.0. The van der Waals surface area contributed by atoms with Crippen molar-refractivity contribution in [1.82, 2.24) is 19.7 Å². The summed E-state index contributed by atoms with van der Waals surface area (Å²) in [7, 11) is 0. The average Bonchev–Trinajstić information content (AvgIpc) is 3.51. The summed E-state index contributed by atoms with van der Waals surface area (Å²) in [5, 5.41) is 0.897. The second kappa shape index (κ2) is 8.58. The van der Waals surface area contributed by atoms with E-state index in [2.05, 4.69) is 9.80 Å². The lowest BCUT2D eigenvalue weighted by Gasteiger charge is -2.35. The smallest absolute Gasteiger partial charge is 0.254 e. The van der Waals surface area contributed by atoms with E-state index in [0.717, 1.165) is 50.2 Å². The molecule has 6 nitrogen and oxygen atoms in total. The first-order chi connectivity index (χ1) is 14.8. The molecule has 1 amide bonds. The van der Waals surface area contributed by atoms with Gasteiger partial charge in [-0.3, -0.25) is 9.69 Å². The molecule has 0 bridgehead atoms. The molecule has 0 N–H and O–H groups in total. The molecular formula is C24H28N4O2. The fraction of sp³-hybridized carbons (Fsp3) is 0.417. The SMILES string of the molecule is O=C(c1cc(-c2ccco2)nc2ccccc12)N1CCN(CCN2CCCC2)CC1. The van der Waals surface area contributed by atoms with Gasteiger partial charge in [0.2, 0.25) is 0 Å². The molecule has 0 unspecified atom stereocenters. The summed E-state index contributed by atoms with van der Waals surface area (Å²) < 4.78 is 5.53. The minimum atomic E-state index is 0.0839. The van der Waals surface area contributed by atoms with Crippen molar-refractivity contribution >= 4 is 16.8 Å². The highest BCUT2D eigenvalue weighted by Crippen LogP contribution is 2.26. The molecule has 1 aromatic carbocycles. The molecule has 4 heterocycles. The molecule has 2 saturated heterocycles. The number of nitrogens with zero attached hydrogens (tertiary/aromatic N) is 4. The standard InChI is InChI=1S/C24H28N4O2/c29-24(28-15-13-27(14-16-28)12-11-26-9-3-4-10-26)20-18-22(23-8-5-17-30-23)25-21-7-2-1-6-19(20)21/h1-2,5-8,17-18H,3-4,9-16H2. The molecule has 6 heteroatoms. The highest BCUT2D eigenvalue weighted by Gasteiger charge is 2.25. The van der Waals surface area contributed by atoms with Crippen LogP contribution in [0.4, 0.5) is 0 Å². The highest BCUT2D eigenvalue weighted by molar-refractivity contribution is 6.07. The van der Waals surface area contributed by atoms with Crippen molar-refractivity contribution in [3.05, 3.63) is 54.3 Å². The number of rotatable bonds is 5. The normalized spacial score (nSPS) is 18.3. The number of likely N-dealkylation sites (tertiary alicyclic amines) is 1. The van der Waals surface area contributed by atoms with E-state index in [1.54, 1.807) is 6.26 Å². The number of carbonyl (C=O) groups is 1. The summed E-state index contributed by atoms with van der Waals surface area (Å²) in [6, 6.07) is 13.4. The van der Waals surface area contributed by atoms with E-state index < -0.39 is 0 Å². The van der Waals surface area contributed by atoms with Gasteiger partial charge in [-0.05, 0) is 50.2 Å². The Bertz CT molecular complexity index is 1000. The summed E-state index contributed by atoms with van der Waals surface area (Å²) >= 11 is 0. The van der Waals surface area contributed by atoms with Crippen LogP contribution in [0.5, 0.6) is 0 Å². The van der Waals surface area contributed by atoms with Crippen LogP contribution < -0.4 is 0 Å². The molecule has 2 aliphatic rings. The Hall–Kier alpha value is -2.70. The molecule has 0 saturated carbocycles. The van der Waals surface area contributed by atoms with Gasteiger partial charge < -0.3 is 14.2 Å². The zero-order valence-corrected chi connectivity index (χ0v) is 17.3. The lowest BCUT2D eigenvalue weighted by atomic mass is 10.0. The van der Waals surface area contributed by atoms with Crippen molar-refractivity contribution in [3.8, 4) is 11.5 Å². The van der Waals surface area contributed by atoms with Gasteiger partial charge in [-0.25, -0.2) is 4.98 Å². The van der Waals surface area contributed by atoms with E-state index in [9.17, 15) is 4.79 Å². The van der Waals surface area contributed by atoms with Crippen LogP contribution in [0.1, 0.15) is 23.2 Å². The Labute approximate surface area is 177 Å². The zero-order chi connectivity index (χ0) is 20.3. The van der Waals surface area contributed by atoms with Crippen molar-refractivity contribution in [2.75, 3.05) is 52.4 Å². The number of pyridine rings is 1. The van der Waals surface area contributed by atoms with Gasteiger partial charge in [0.15, 0.2) is 5.76 Å². The molecule has 0 aliphatic carbocycles. The number of hydrogen-bond donors (Lipinski definition) is 0. The predicted molar refractivity (Wildman–Crippen MR) is 117 cm³/mol. The van der Waals surface area contributed by atoms with Crippen LogP contribution in [0.15, 0.2) is 53.1 Å². The van der Waals surface area contributed by atoms with Gasteiger partial charge in [0.1, 0.15) is 5.69 Å². The summed E-state index contributed by atoms with van der Waals surface area (Å²) in [6.45, 7) is 8.15. The highest BCUT2D eigenvalue weighted by atomic mass is 16.3. The third-order valence-corrected chi connectivity index (χ3v) is 6.31. The maximum absolute atomic E-state index is 13.4. The van der Waals surface area contributed by atoms with Crippen molar-refractivity contribution in [1.29, 1.82) is 0 Å². The molecule has 5 rings (SSSR count). The van der Waals surface area contributed by atoms with Crippen molar-refractivity contribution < 1.29 is 9.21 Å². The molecule has 2 aromatic heterocycles. The monoisotopic (exact) mass is 404 g/mol. The first kappa shape index (κ1) is 19.3. The lowest BCUT2D eigenvalue weighted by molar-refractivity contribution is 0.0628. The summed E-state index contributed by atoms with van der Waals surface area (Å²) in [5.41, 5.74) is 2.22. The predicted octanol–water partition coefficient (Wildman–Crippen LogP) is 3.35. The van der Waals surface area contributed by atoms with E-state index in [-0.39, 0.29) is 5.91 Å². The van der Waals surface area contributed by atoms with Gasteiger partial charge in [-0.1, -0.05) is 18.2 Å². The summed E-state index contributed by atoms with van der Waals surface area (Å²) in [6.07, 6.45) is 4.30. The zero-order valence-electron chi connectivity index (χ0n) is 17.3. The van der Waals surface area contributed by atoms with Gasteiger partial charge in [-0.2, -0.15) is 0 Å². The van der Waals surface area contributed by atoms with E-state index in [0.29, 0.717) is 17.0 Å². The number of furan rings is 1. The quantitative estimate of drug-likeness (QED) is 0.653. The maximum Gasteiger partial charge on any atom is 0.254 e. The number of fused-ring (bicyclic) bond motifs is 1. The van der Waals surface area contributed by atoms with E-state index in [1.165, 1.54) is 25.9 Å². The third-order valence-electron chi connectivity index (χ3n) is 6.31. The Kier molecular flexibility index (Phi) is 5.51.